The SMILES string of the molecule is NC(=NO)c1ccc(CNCC2CCOC2)cc1. The zero-order chi connectivity index (χ0) is 12.8. The van der Waals surface area contributed by atoms with Crippen molar-refractivity contribution >= 4 is 5.84 Å². The minimum atomic E-state index is 0.137. The van der Waals surface area contributed by atoms with E-state index in [1.807, 2.05) is 24.3 Å². The molecule has 1 aliphatic heterocycles. The normalized spacial score (nSPS) is 20.2. The summed E-state index contributed by atoms with van der Waals surface area (Å²) in [6, 6.07) is 7.66. The van der Waals surface area contributed by atoms with Gasteiger partial charge in [0.25, 0.3) is 0 Å². The summed E-state index contributed by atoms with van der Waals surface area (Å²) in [7, 11) is 0. The molecule has 0 amide bonds. The van der Waals surface area contributed by atoms with Gasteiger partial charge in [-0.05, 0) is 17.9 Å². The van der Waals surface area contributed by atoms with Gasteiger partial charge in [-0.15, -0.1) is 0 Å². The average Bonchev–Trinajstić information content (AvgIpc) is 2.92. The van der Waals surface area contributed by atoms with Crippen LogP contribution in [-0.2, 0) is 11.3 Å². The molecule has 5 nitrogen and oxygen atoms in total. The molecule has 4 N–H and O–H groups in total. The molecule has 0 aromatic heterocycles. The molecule has 1 aromatic carbocycles. The molecule has 1 fully saturated rings. The summed E-state index contributed by atoms with van der Waals surface area (Å²) in [4.78, 5) is 0. The van der Waals surface area contributed by atoms with Crippen LogP contribution in [0.15, 0.2) is 29.4 Å². The van der Waals surface area contributed by atoms with Crippen LogP contribution in [0.1, 0.15) is 17.5 Å². The molecule has 0 aliphatic carbocycles. The second-order valence-corrected chi connectivity index (χ2v) is 4.54. The molecule has 1 atom stereocenters. The van der Waals surface area contributed by atoms with Crippen molar-refractivity contribution in [2.45, 2.75) is 13.0 Å². The van der Waals surface area contributed by atoms with Crippen molar-refractivity contribution in [1.82, 2.24) is 5.32 Å². The summed E-state index contributed by atoms with van der Waals surface area (Å²) in [6.45, 7) is 3.57. The van der Waals surface area contributed by atoms with Crippen molar-refractivity contribution in [2.24, 2.45) is 16.8 Å². The Morgan fingerprint density at radius 3 is 2.83 bits per heavy atom. The number of benzene rings is 1. The van der Waals surface area contributed by atoms with Gasteiger partial charge < -0.3 is 21.0 Å². The van der Waals surface area contributed by atoms with Crippen molar-refractivity contribution in [2.75, 3.05) is 19.8 Å². The molecular weight excluding hydrogens is 230 g/mol. The van der Waals surface area contributed by atoms with Gasteiger partial charge in [-0.1, -0.05) is 29.4 Å². The molecular formula is C13H19N3O2. The van der Waals surface area contributed by atoms with Crippen molar-refractivity contribution in [3.05, 3.63) is 35.4 Å². The molecule has 98 valence electrons. The van der Waals surface area contributed by atoms with E-state index in [0.717, 1.165) is 38.3 Å². The predicted molar refractivity (Wildman–Crippen MR) is 69.6 cm³/mol. The van der Waals surface area contributed by atoms with Crippen molar-refractivity contribution in [3.63, 3.8) is 0 Å². The second-order valence-electron chi connectivity index (χ2n) is 4.54. The molecule has 1 heterocycles. The first kappa shape index (κ1) is 12.9. The zero-order valence-corrected chi connectivity index (χ0v) is 10.3. The smallest absolute Gasteiger partial charge is 0.170 e. The van der Waals surface area contributed by atoms with Gasteiger partial charge in [0.15, 0.2) is 5.84 Å². The van der Waals surface area contributed by atoms with Crippen molar-refractivity contribution < 1.29 is 9.94 Å². The van der Waals surface area contributed by atoms with Gasteiger partial charge in [0.05, 0.1) is 6.61 Å². The second kappa shape index (κ2) is 6.37. The summed E-state index contributed by atoms with van der Waals surface area (Å²) in [5.74, 6) is 0.777. The van der Waals surface area contributed by atoms with E-state index in [1.165, 1.54) is 5.56 Å². The first-order valence-electron chi connectivity index (χ1n) is 6.15. The minimum Gasteiger partial charge on any atom is -0.409 e. The summed E-state index contributed by atoms with van der Waals surface area (Å²) in [6.07, 6.45) is 1.15. The lowest BCUT2D eigenvalue weighted by Gasteiger charge is -2.09. The maximum absolute atomic E-state index is 8.56. The van der Waals surface area contributed by atoms with Crippen LogP contribution in [0.4, 0.5) is 0 Å². The lowest BCUT2D eigenvalue weighted by Crippen LogP contribution is -2.22. The van der Waals surface area contributed by atoms with E-state index in [2.05, 4.69) is 10.5 Å². The number of hydrogen-bond acceptors (Lipinski definition) is 4. The van der Waals surface area contributed by atoms with Gasteiger partial charge in [-0.25, -0.2) is 0 Å². The van der Waals surface area contributed by atoms with Gasteiger partial charge in [-0.3, -0.25) is 0 Å². The third-order valence-corrected chi connectivity index (χ3v) is 3.14. The Kier molecular flexibility index (Phi) is 4.55. The number of nitrogens with zero attached hydrogens (tertiary/aromatic N) is 1. The molecule has 1 aliphatic rings. The molecule has 0 spiro atoms. The van der Waals surface area contributed by atoms with Crippen LogP contribution in [0.2, 0.25) is 0 Å². The maximum atomic E-state index is 8.56. The van der Waals surface area contributed by atoms with E-state index in [4.69, 9.17) is 15.7 Å². The largest absolute Gasteiger partial charge is 0.409 e. The third kappa shape index (κ3) is 3.45. The predicted octanol–water partition coefficient (Wildman–Crippen LogP) is 0.907. The van der Waals surface area contributed by atoms with Crippen LogP contribution in [0.5, 0.6) is 0 Å². The third-order valence-electron chi connectivity index (χ3n) is 3.14. The standard InChI is InChI=1S/C13H19N3O2/c14-13(16-17)12-3-1-10(2-4-12)7-15-8-11-5-6-18-9-11/h1-4,11,15,17H,5-9H2,(H2,14,16). The summed E-state index contributed by atoms with van der Waals surface area (Å²) >= 11 is 0. The minimum absolute atomic E-state index is 0.137. The van der Waals surface area contributed by atoms with Gasteiger partial charge >= 0.3 is 0 Å². The van der Waals surface area contributed by atoms with Crippen LogP contribution >= 0.6 is 0 Å². The topological polar surface area (TPSA) is 79.9 Å². The molecule has 0 bridgehead atoms. The number of nitrogens with one attached hydrogen (secondary N) is 1. The van der Waals surface area contributed by atoms with E-state index in [0.29, 0.717) is 5.92 Å². The van der Waals surface area contributed by atoms with Gasteiger partial charge in [0.2, 0.25) is 0 Å². The van der Waals surface area contributed by atoms with Crippen LogP contribution < -0.4 is 11.1 Å². The van der Waals surface area contributed by atoms with E-state index in [-0.39, 0.29) is 5.84 Å². The highest BCUT2D eigenvalue weighted by atomic mass is 16.5. The Bertz CT molecular complexity index is 397. The van der Waals surface area contributed by atoms with Crippen LogP contribution in [0, 0.1) is 5.92 Å². The number of hydrogen-bond donors (Lipinski definition) is 3. The maximum Gasteiger partial charge on any atom is 0.170 e. The Hall–Kier alpha value is -1.59. The van der Waals surface area contributed by atoms with Crippen LogP contribution in [0.3, 0.4) is 0 Å². The fourth-order valence-corrected chi connectivity index (χ4v) is 2.02. The fourth-order valence-electron chi connectivity index (χ4n) is 2.02. The first-order valence-corrected chi connectivity index (χ1v) is 6.15. The average molecular weight is 249 g/mol. The Labute approximate surface area is 107 Å². The number of ether oxygens (including phenoxy) is 1. The van der Waals surface area contributed by atoms with Crippen molar-refractivity contribution in [3.8, 4) is 0 Å². The molecule has 18 heavy (non-hydrogen) atoms. The van der Waals surface area contributed by atoms with E-state index in [9.17, 15) is 0 Å². The molecule has 0 radical (unpaired) electrons. The van der Waals surface area contributed by atoms with Crippen molar-refractivity contribution in [1.29, 1.82) is 0 Å². The quantitative estimate of drug-likeness (QED) is 0.313. The highest BCUT2D eigenvalue weighted by molar-refractivity contribution is 5.96. The molecule has 5 heteroatoms. The molecule has 0 saturated carbocycles. The number of oxime groups is 1. The van der Waals surface area contributed by atoms with Gasteiger partial charge in [0, 0.05) is 25.3 Å². The Morgan fingerprint density at radius 2 is 2.22 bits per heavy atom. The van der Waals surface area contributed by atoms with Crippen LogP contribution in [0.25, 0.3) is 0 Å². The monoisotopic (exact) mass is 249 g/mol. The number of amidine groups is 1. The Morgan fingerprint density at radius 1 is 1.44 bits per heavy atom. The fraction of sp³-hybridized carbons (Fsp3) is 0.462. The molecule has 1 saturated heterocycles. The first-order chi connectivity index (χ1) is 8.79. The van der Waals surface area contributed by atoms with E-state index in [1.54, 1.807) is 0 Å². The van der Waals surface area contributed by atoms with Crippen LogP contribution in [-0.4, -0.2) is 30.8 Å². The summed E-state index contributed by atoms with van der Waals surface area (Å²) in [5, 5.41) is 14.9. The molecule has 1 aromatic rings. The zero-order valence-electron chi connectivity index (χ0n) is 10.3. The van der Waals surface area contributed by atoms with Gasteiger partial charge in [0.1, 0.15) is 0 Å². The molecule has 1 unspecified atom stereocenters. The highest BCUT2D eigenvalue weighted by Gasteiger charge is 2.14. The summed E-state index contributed by atoms with van der Waals surface area (Å²) < 4.78 is 5.32. The number of rotatable bonds is 5. The molecule has 2 rings (SSSR count). The van der Waals surface area contributed by atoms with E-state index >= 15 is 0 Å². The van der Waals surface area contributed by atoms with Gasteiger partial charge in [-0.2, -0.15) is 0 Å². The lowest BCUT2D eigenvalue weighted by molar-refractivity contribution is 0.185. The summed E-state index contributed by atoms with van der Waals surface area (Å²) in [5.41, 5.74) is 7.41. The highest BCUT2D eigenvalue weighted by Crippen LogP contribution is 2.11. The Balaban J connectivity index is 1.79. The van der Waals surface area contributed by atoms with E-state index < -0.39 is 0 Å². The number of nitrogens with two attached hydrogens (primary N) is 1. The lowest BCUT2D eigenvalue weighted by atomic mass is 10.1.